The average molecular weight is 280 g/mol. The zero-order valence-corrected chi connectivity index (χ0v) is 12.7. The molecule has 1 aromatic carbocycles. The zero-order valence-electron chi connectivity index (χ0n) is 12.7. The minimum atomic E-state index is -0.695. The van der Waals surface area contributed by atoms with Crippen molar-refractivity contribution in [2.75, 3.05) is 0 Å². The Kier molecular flexibility index (Phi) is 3.90. The standard InChI is InChI=1S/C14H20N2O4/c1-13(2,3)9-7-11(15(17)18)12(16(19)20)8-10(9)14(4,5)6/h7-8H,1-6H3. The van der Waals surface area contributed by atoms with Crippen molar-refractivity contribution in [3.63, 3.8) is 0 Å². The predicted octanol–water partition coefficient (Wildman–Crippen LogP) is 4.10. The van der Waals surface area contributed by atoms with Crippen molar-refractivity contribution >= 4 is 11.4 Å². The minimum Gasteiger partial charge on any atom is -0.258 e. The number of nitro benzene ring substituents is 2. The molecule has 20 heavy (non-hydrogen) atoms. The Bertz CT molecular complexity index is 515. The molecular weight excluding hydrogens is 260 g/mol. The second-order valence-corrected chi connectivity index (χ2v) is 6.90. The molecule has 0 unspecified atom stereocenters. The van der Waals surface area contributed by atoms with Crippen LogP contribution >= 0.6 is 0 Å². The van der Waals surface area contributed by atoms with Gasteiger partial charge in [-0.1, -0.05) is 41.5 Å². The normalized spacial score (nSPS) is 12.3. The summed E-state index contributed by atoms with van der Waals surface area (Å²) < 4.78 is 0. The number of rotatable bonds is 2. The SMILES string of the molecule is CC(C)(C)c1cc([N+](=O)[O-])c([N+](=O)[O-])cc1C(C)(C)C. The fourth-order valence-electron chi connectivity index (χ4n) is 2.11. The lowest BCUT2D eigenvalue weighted by atomic mass is 9.75. The first-order chi connectivity index (χ1) is 8.85. The fraction of sp³-hybridized carbons (Fsp3) is 0.571. The molecule has 0 atom stereocenters. The van der Waals surface area contributed by atoms with E-state index in [-0.39, 0.29) is 10.8 Å². The minimum absolute atomic E-state index is 0.331. The van der Waals surface area contributed by atoms with Crippen LogP contribution in [-0.2, 0) is 10.8 Å². The van der Waals surface area contributed by atoms with E-state index in [0.29, 0.717) is 0 Å². The number of hydrogen-bond donors (Lipinski definition) is 0. The monoisotopic (exact) mass is 280 g/mol. The third-order valence-electron chi connectivity index (χ3n) is 3.12. The second kappa shape index (κ2) is 4.85. The van der Waals surface area contributed by atoms with Crippen LogP contribution in [0.15, 0.2) is 12.1 Å². The van der Waals surface area contributed by atoms with Crippen molar-refractivity contribution in [2.45, 2.75) is 52.4 Å². The van der Waals surface area contributed by atoms with Gasteiger partial charge in [0.15, 0.2) is 0 Å². The van der Waals surface area contributed by atoms with E-state index in [2.05, 4.69) is 0 Å². The third-order valence-corrected chi connectivity index (χ3v) is 3.12. The highest BCUT2D eigenvalue weighted by molar-refractivity contribution is 5.59. The Labute approximate surface area is 118 Å². The van der Waals surface area contributed by atoms with Gasteiger partial charge >= 0.3 is 11.4 Å². The Morgan fingerprint density at radius 3 is 1.15 bits per heavy atom. The maximum absolute atomic E-state index is 11.1. The third kappa shape index (κ3) is 3.12. The molecule has 1 rings (SSSR count). The summed E-state index contributed by atoms with van der Waals surface area (Å²) in [5, 5.41) is 22.1. The largest absolute Gasteiger partial charge is 0.346 e. The topological polar surface area (TPSA) is 86.3 Å². The molecule has 0 aliphatic rings. The van der Waals surface area contributed by atoms with E-state index >= 15 is 0 Å². The van der Waals surface area contributed by atoms with Gasteiger partial charge in [0.25, 0.3) is 0 Å². The van der Waals surface area contributed by atoms with Crippen LogP contribution in [0.25, 0.3) is 0 Å². The van der Waals surface area contributed by atoms with E-state index in [0.717, 1.165) is 11.1 Å². The first-order valence-corrected chi connectivity index (χ1v) is 6.33. The van der Waals surface area contributed by atoms with Crippen LogP contribution in [0.5, 0.6) is 0 Å². The molecule has 0 heterocycles. The fourth-order valence-corrected chi connectivity index (χ4v) is 2.11. The highest BCUT2D eigenvalue weighted by Gasteiger charge is 2.33. The molecule has 0 aromatic heterocycles. The van der Waals surface area contributed by atoms with Gasteiger partial charge in [-0.2, -0.15) is 0 Å². The van der Waals surface area contributed by atoms with Gasteiger partial charge < -0.3 is 0 Å². The molecule has 6 heteroatoms. The van der Waals surface area contributed by atoms with Gasteiger partial charge in [-0.15, -0.1) is 0 Å². The summed E-state index contributed by atoms with van der Waals surface area (Å²) in [6.07, 6.45) is 0. The van der Waals surface area contributed by atoms with Gasteiger partial charge in [0.2, 0.25) is 0 Å². The smallest absolute Gasteiger partial charge is 0.258 e. The van der Waals surface area contributed by atoms with Crippen LogP contribution in [0, 0.1) is 20.2 Å². The molecule has 0 aliphatic carbocycles. The molecule has 0 amide bonds. The van der Waals surface area contributed by atoms with Gasteiger partial charge in [-0.3, -0.25) is 20.2 Å². The summed E-state index contributed by atoms with van der Waals surface area (Å²) in [4.78, 5) is 20.7. The Balaban J connectivity index is 3.80. The van der Waals surface area contributed by atoms with E-state index < -0.39 is 21.2 Å². The molecular formula is C14H20N2O4. The molecule has 0 fully saturated rings. The lowest BCUT2D eigenvalue weighted by Crippen LogP contribution is -2.22. The summed E-state index contributed by atoms with van der Waals surface area (Å²) in [6.45, 7) is 11.6. The van der Waals surface area contributed by atoms with Crippen molar-refractivity contribution in [3.8, 4) is 0 Å². The van der Waals surface area contributed by atoms with Crippen molar-refractivity contribution in [3.05, 3.63) is 43.5 Å². The highest BCUT2D eigenvalue weighted by atomic mass is 16.6. The molecule has 0 aliphatic heterocycles. The summed E-state index contributed by atoms with van der Waals surface area (Å²) in [5.41, 5.74) is -0.0317. The predicted molar refractivity (Wildman–Crippen MR) is 77.2 cm³/mol. The van der Waals surface area contributed by atoms with Crippen LogP contribution in [0.2, 0.25) is 0 Å². The van der Waals surface area contributed by atoms with Gasteiger partial charge in [-0.05, 0) is 22.0 Å². The molecule has 0 saturated carbocycles. The van der Waals surface area contributed by atoms with Crippen molar-refractivity contribution in [1.29, 1.82) is 0 Å². The number of nitrogens with zero attached hydrogens (tertiary/aromatic N) is 2. The second-order valence-electron chi connectivity index (χ2n) is 6.90. The molecule has 110 valence electrons. The van der Waals surface area contributed by atoms with Crippen LogP contribution < -0.4 is 0 Å². The lowest BCUT2D eigenvalue weighted by Gasteiger charge is -2.29. The van der Waals surface area contributed by atoms with Crippen LogP contribution in [0.3, 0.4) is 0 Å². The first kappa shape index (κ1) is 16.1. The van der Waals surface area contributed by atoms with Gasteiger partial charge in [0.1, 0.15) is 0 Å². The van der Waals surface area contributed by atoms with Gasteiger partial charge in [0.05, 0.1) is 9.85 Å². The summed E-state index contributed by atoms with van der Waals surface area (Å²) >= 11 is 0. The van der Waals surface area contributed by atoms with E-state index in [1.165, 1.54) is 12.1 Å². The highest BCUT2D eigenvalue weighted by Crippen LogP contribution is 2.40. The first-order valence-electron chi connectivity index (χ1n) is 6.33. The average Bonchev–Trinajstić information content (AvgIpc) is 2.24. The Morgan fingerprint density at radius 2 is 1.00 bits per heavy atom. The molecule has 0 N–H and O–H groups in total. The van der Waals surface area contributed by atoms with E-state index in [1.807, 2.05) is 41.5 Å². The molecule has 0 bridgehead atoms. The maximum Gasteiger partial charge on any atom is 0.346 e. The Hall–Kier alpha value is -1.98. The quantitative estimate of drug-likeness (QED) is 0.602. The summed E-state index contributed by atoms with van der Waals surface area (Å²) in [5.74, 6) is 0. The van der Waals surface area contributed by atoms with Crippen LogP contribution in [0.4, 0.5) is 11.4 Å². The number of benzene rings is 1. The van der Waals surface area contributed by atoms with Crippen molar-refractivity contribution < 1.29 is 9.85 Å². The number of nitro groups is 2. The zero-order chi connectivity index (χ0) is 15.9. The summed E-state index contributed by atoms with van der Waals surface area (Å²) in [7, 11) is 0. The summed E-state index contributed by atoms with van der Waals surface area (Å²) in [6, 6.07) is 2.69. The molecule has 6 nitrogen and oxygen atoms in total. The van der Waals surface area contributed by atoms with Crippen LogP contribution in [-0.4, -0.2) is 9.85 Å². The maximum atomic E-state index is 11.1. The Morgan fingerprint density at radius 1 is 0.750 bits per heavy atom. The van der Waals surface area contributed by atoms with E-state index in [4.69, 9.17) is 0 Å². The lowest BCUT2D eigenvalue weighted by molar-refractivity contribution is -0.422. The van der Waals surface area contributed by atoms with Crippen molar-refractivity contribution in [2.24, 2.45) is 0 Å². The van der Waals surface area contributed by atoms with Gasteiger partial charge in [0, 0.05) is 12.1 Å². The van der Waals surface area contributed by atoms with E-state index in [1.54, 1.807) is 0 Å². The molecule has 0 saturated heterocycles. The van der Waals surface area contributed by atoms with Crippen molar-refractivity contribution in [1.82, 2.24) is 0 Å². The van der Waals surface area contributed by atoms with Gasteiger partial charge in [-0.25, -0.2) is 0 Å². The molecule has 1 aromatic rings. The van der Waals surface area contributed by atoms with Crippen LogP contribution in [0.1, 0.15) is 52.7 Å². The molecule has 0 spiro atoms. The van der Waals surface area contributed by atoms with E-state index in [9.17, 15) is 20.2 Å². The molecule has 0 radical (unpaired) electrons. The number of hydrogen-bond acceptors (Lipinski definition) is 4.